The molecule has 0 aliphatic rings. The first-order valence-corrected chi connectivity index (χ1v) is 8.85. The Bertz CT molecular complexity index is 855. The number of aryl methyl sites for hydroxylation is 1. The summed E-state index contributed by atoms with van der Waals surface area (Å²) < 4.78 is 64.9. The molecule has 0 aliphatic heterocycles. The number of methoxy groups -OCH3 is 1. The third-order valence-electron chi connectivity index (χ3n) is 4.07. The molecule has 0 fully saturated rings. The number of halogens is 5. The molecule has 2 N–H and O–H groups in total. The normalized spacial score (nSPS) is 11.1. The molecule has 0 heterocycles. The second-order valence-corrected chi connectivity index (χ2v) is 6.18. The van der Waals surface area contributed by atoms with Crippen LogP contribution in [0.2, 0.25) is 0 Å². The molecule has 0 saturated carbocycles. The lowest BCUT2D eigenvalue weighted by Gasteiger charge is -2.16. The van der Waals surface area contributed by atoms with Crippen LogP contribution in [0.4, 0.5) is 17.6 Å². The van der Waals surface area contributed by atoms with E-state index in [9.17, 15) is 17.6 Å². The Kier molecular flexibility index (Phi) is 10.9. The molecule has 0 aliphatic carbocycles. The zero-order valence-corrected chi connectivity index (χ0v) is 19.2. The fourth-order valence-corrected chi connectivity index (χ4v) is 2.53. The van der Waals surface area contributed by atoms with Gasteiger partial charge in [-0.1, -0.05) is 12.1 Å². The maximum atomic E-state index is 13.8. The van der Waals surface area contributed by atoms with Crippen molar-refractivity contribution in [3.05, 3.63) is 64.2 Å². The van der Waals surface area contributed by atoms with Gasteiger partial charge in [-0.25, -0.2) is 17.6 Å². The van der Waals surface area contributed by atoms with Gasteiger partial charge in [0.1, 0.15) is 12.4 Å². The average molecular weight is 541 g/mol. The summed E-state index contributed by atoms with van der Waals surface area (Å²) in [5, 5.41) is 5.61. The molecular formula is C20H24F4IN3O2. The maximum Gasteiger partial charge on any atom is 0.191 e. The van der Waals surface area contributed by atoms with Crippen LogP contribution in [0.3, 0.4) is 0 Å². The van der Waals surface area contributed by atoms with Crippen molar-refractivity contribution >= 4 is 29.9 Å². The van der Waals surface area contributed by atoms with Gasteiger partial charge in [-0.2, -0.15) is 0 Å². The third kappa shape index (κ3) is 7.01. The van der Waals surface area contributed by atoms with Gasteiger partial charge >= 0.3 is 0 Å². The minimum Gasteiger partial charge on any atom is -0.491 e. The van der Waals surface area contributed by atoms with Crippen LogP contribution in [0.25, 0.3) is 0 Å². The van der Waals surface area contributed by atoms with Crippen molar-refractivity contribution in [2.45, 2.75) is 20.0 Å². The van der Waals surface area contributed by atoms with Crippen LogP contribution in [0.15, 0.2) is 29.3 Å². The molecule has 166 valence electrons. The first kappa shape index (κ1) is 26.0. The number of hydrogen-bond donors (Lipinski definition) is 2. The summed E-state index contributed by atoms with van der Waals surface area (Å²) in [4.78, 5) is 3.95. The second kappa shape index (κ2) is 12.6. The highest BCUT2D eigenvalue weighted by atomic mass is 127. The van der Waals surface area contributed by atoms with Gasteiger partial charge < -0.3 is 20.1 Å². The van der Waals surface area contributed by atoms with Gasteiger partial charge in [0, 0.05) is 44.4 Å². The van der Waals surface area contributed by atoms with Crippen LogP contribution < -0.4 is 15.4 Å². The quantitative estimate of drug-likeness (QED) is 0.132. The summed E-state index contributed by atoms with van der Waals surface area (Å²) in [5.41, 5.74) is 1.09. The summed E-state index contributed by atoms with van der Waals surface area (Å²) in [7, 11) is 3.03. The van der Waals surface area contributed by atoms with Crippen molar-refractivity contribution in [2.75, 3.05) is 27.4 Å². The van der Waals surface area contributed by atoms with Crippen LogP contribution in [0.1, 0.15) is 16.7 Å². The summed E-state index contributed by atoms with van der Waals surface area (Å²) in [5.74, 6) is -4.95. The van der Waals surface area contributed by atoms with E-state index in [-0.39, 0.29) is 36.0 Å². The van der Waals surface area contributed by atoms with E-state index in [1.807, 2.05) is 25.1 Å². The molecule has 0 saturated heterocycles. The Morgan fingerprint density at radius 2 is 1.60 bits per heavy atom. The van der Waals surface area contributed by atoms with E-state index in [2.05, 4.69) is 15.6 Å². The zero-order chi connectivity index (χ0) is 21.4. The standard InChI is InChI=1S/C20H23F4N3O2.HI/c1-12-4-5-13(17(8-12)29-7-6-28-3)10-26-20(25-2)27-11-14-18(23)15(21)9-16(22)19(14)24;/h4-5,8-9H,6-7,10-11H2,1-3H3,(H2,25,26,27);1H. The monoisotopic (exact) mass is 541 g/mol. The van der Waals surface area contributed by atoms with Gasteiger partial charge in [0.2, 0.25) is 0 Å². The largest absolute Gasteiger partial charge is 0.491 e. The van der Waals surface area contributed by atoms with E-state index in [1.54, 1.807) is 7.11 Å². The van der Waals surface area contributed by atoms with Crippen molar-refractivity contribution < 1.29 is 27.0 Å². The number of nitrogens with one attached hydrogen (secondary N) is 2. The van der Waals surface area contributed by atoms with E-state index in [1.165, 1.54) is 7.05 Å². The molecule has 0 unspecified atom stereocenters. The predicted molar refractivity (Wildman–Crippen MR) is 117 cm³/mol. The van der Waals surface area contributed by atoms with Crippen molar-refractivity contribution in [3.63, 3.8) is 0 Å². The van der Waals surface area contributed by atoms with Crippen molar-refractivity contribution in [1.82, 2.24) is 10.6 Å². The van der Waals surface area contributed by atoms with Crippen LogP contribution in [-0.2, 0) is 17.8 Å². The van der Waals surface area contributed by atoms with E-state index in [4.69, 9.17) is 9.47 Å². The molecule has 2 rings (SSSR count). The lowest BCUT2D eigenvalue weighted by molar-refractivity contribution is 0.145. The molecule has 5 nitrogen and oxygen atoms in total. The van der Waals surface area contributed by atoms with Crippen LogP contribution in [0.5, 0.6) is 5.75 Å². The topological polar surface area (TPSA) is 54.9 Å². The van der Waals surface area contributed by atoms with Gasteiger partial charge in [-0.3, -0.25) is 4.99 Å². The van der Waals surface area contributed by atoms with Crippen LogP contribution >= 0.6 is 24.0 Å². The molecule has 0 atom stereocenters. The molecule has 0 aromatic heterocycles. The summed E-state index contributed by atoms with van der Waals surface area (Å²) in [6, 6.07) is 5.84. The molecule has 0 radical (unpaired) electrons. The molecule has 0 bridgehead atoms. The average Bonchev–Trinajstić information content (AvgIpc) is 2.70. The fourth-order valence-electron chi connectivity index (χ4n) is 2.53. The molecule has 2 aromatic rings. The minimum absolute atomic E-state index is 0. The number of aliphatic imine (C=N–C) groups is 1. The molecule has 10 heteroatoms. The highest BCUT2D eigenvalue weighted by Crippen LogP contribution is 2.21. The third-order valence-corrected chi connectivity index (χ3v) is 4.07. The molecular weight excluding hydrogens is 517 g/mol. The van der Waals surface area contributed by atoms with E-state index in [0.29, 0.717) is 25.5 Å². The lowest BCUT2D eigenvalue weighted by Crippen LogP contribution is -2.37. The number of guanidine groups is 1. The first-order chi connectivity index (χ1) is 13.9. The number of rotatable bonds is 8. The smallest absolute Gasteiger partial charge is 0.191 e. The van der Waals surface area contributed by atoms with Gasteiger partial charge in [-0.15, -0.1) is 24.0 Å². The van der Waals surface area contributed by atoms with Crippen LogP contribution in [0, 0.1) is 30.2 Å². The van der Waals surface area contributed by atoms with Crippen LogP contribution in [-0.4, -0.2) is 33.3 Å². The number of hydrogen-bond acceptors (Lipinski definition) is 3. The first-order valence-electron chi connectivity index (χ1n) is 8.85. The van der Waals surface area contributed by atoms with Crippen molar-refractivity contribution in [1.29, 1.82) is 0 Å². The lowest BCUT2D eigenvalue weighted by atomic mass is 10.1. The minimum atomic E-state index is -1.46. The molecule has 0 amide bonds. The Labute approximate surface area is 189 Å². The fraction of sp³-hybridized carbons (Fsp3) is 0.350. The number of ether oxygens (including phenoxy) is 2. The molecule has 2 aromatic carbocycles. The Morgan fingerprint density at radius 1 is 0.967 bits per heavy atom. The number of nitrogens with zero attached hydrogens (tertiary/aromatic N) is 1. The van der Waals surface area contributed by atoms with Gasteiger partial charge in [0.25, 0.3) is 0 Å². The van der Waals surface area contributed by atoms with Crippen molar-refractivity contribution in [3.8, 4) is 5.75 Å². The van der Waals surface area contributed by atoms with Gasteiger partial charge in [-0.05, 0) is 18.6 Å². The van der Waals surface area contributed by atoms with Gasteiger partial charge in [0.05, 0.1) is 6.61 Å². The van der Waals surface area contributed by atoms with E-state index in [0.717, 1.165) is 11.1 Å². The highest BCUT2D eigenvalue weighted by Gasteiger charge is 2.19. The summed E-state index contributed by atoms with van der Waals surface area (Å²) >= 11 is 0. The zero-order valence-electron chi connectivity index (χ0n) is 16.8. The van der Waals surface area contributed by atoms with Gasteiger partial charge in [0.15, 0.2) is 29.2 Å². The second-order valence-electron chi connectivity index (χ2n) is 6.18. The maximum absolute atomic E-state index is 13.8. The Morgan fingerprint density at radius 3 is 2.20 bits per heavy atom. The highest BCUT2D eigenvalue weighted by molar-refractivity contribution is 14.0. The van der Waals surface area contributed by atoms with E-state index < -0.39 is 35.4 Å². The molecule has 30 heavy (non-hydrogen) atoms. The summed E-state index contributed by atoms with van der Waals surface area (Å²) in [6.07, 6.45) is 0. The SMILES string of the molecule is CN=C(NCc1ccc(C)cc1OCCOC)NCc1c(F)c(F)cc(F)c1F.I. The molecule has 0 spiro atoms. The Balaban J connectivity index is 0.00000450. The summed E-state index contributed by atoms with van der Waals surface area (Å²) in [6.45, 7) is 2.55. The number of benzene rings is 2. The predicted octanol–water partition coefficient (Wildman–Crippen LogP) is 4.06. The van der Waals surface area contributed by atoms with Crippen molar-refractivity contribution in [2.24, 2.45) is 4.99 Å². The van der Waals surface area contributed by atoms with E-state index >= 15 is 0 Å². The Hall–Kier alpha value is -2.08.